The standard InChI is InChI=1S/C16H14Br2O4/c1-8-3-11(4-9(2)15(8)21)22-16-12(17)5-10(6-13(16)18)7-14(19)20/h3-6,21H,7H2,1-2H3,(H,19,20). The fourth-order valence-corrected chi connectivity index (χ4v) is 3.52. The number of benzene rings is 2. The number of carbonyl (C=O) groups is 1. The van der Waals surface area contributed by atoms with Gasteiger partial charge in [0.2, 0.25) is 0 Å². The topological polar surface area (TPSA) is 66.8 Å². The first-order chi connectivity index (χ1) is 10.3. The monoisotopic (exact) mass is 428 g/mol. The molecule has 0 heterocycles. The molecule has 0 aliphatic heterocycles. The van der Waals surface area contributed by atoms with Gasteiger partial charge in [0.25, 0.3) is 0 Å². The lowest BCUT2D eigenvalue weighted by atomic mass is 10.1. The number of ether oxygens (including phenoxy) is 1. The van der Waals surface area contributed by atoms with Crippen LogP contribution in [0.1, 0.15) is 16.7 Å². The maximum atomic E-state index is 10.8. The van der Waals surface area contributed by atoms with Crippen molar-refractivity contribution in [3.05, 3.63) is 49.9 Å². The van der Waals surface area contributed by atoms with E-state index in [1.807, 2.05) is 0 Å². The number of carboxylic acids is 1. The van der Waals surface area contributed by atoms with Crippen molar-refractivity contribution in [2.45, 2.75) is 20.3 Å². The van der Waals surface area contributed by atoms with Crippen LogP contribution in [0.15, 0.2) is 33.2 Å². The highest BCUT2D eigenvalue weighted by Gasteiger charge is 2.13. The Hall–Kier alpha value is -1.53. The number of phenolic OH excluding ortho intramolecular Hbond substituents is 1. The maximum Gasteiger partial charge on any atom is 0.307 e. The van der Waals surface area contributed by atoms with Crippen molar-refractivity contribution in [2.24, 2.45) is 0 Å². The quantitative estimate of drug-likeness (QED) is 0.721. The van der Waals surface area contributed by atoms with Gasteiger partial charge in [-0.15, -0.1) is 0 Å². The number of carboxylic acid groups (broad SMARTS) is 1. The molecule has 0 atom stereocenters. The van der Waals surface area contributed by atoms with E-state index in [1.54, 1.807) is 38.1 Å². The number of aryl methyl sites for hydroxylation is 2. The number of halogens is 2. The molecule has 2 aromatic carbocycles. The molecule has 0 amide bonds. The van der Waals surface area contributed by atoms with Crippen molar-refractivity contribution in [2.75, 3.05) is 0 Å². The minimum absolute atomic E-state index is 0.0606. The Labute approximate surface area is 145 Å². The number of phenols is 1. The molecule has 0 bridgehead atoms. The summed E-state index contributed by atoms with van der Waals surface area (Å²) in [5, 5.41) is 18.7. The first-order valence-electron chi connectivity index (χ1n) is 6.45. The van der Waals surface area contributed by atoms with Gasteiger partial charge in [-0.2, -0.15) is 0 Å². The molecule has 2 N–H and O–H groups in total. The van der Waals surface area contributed by atoms with Crippen LogP contribution >= 0.6 is 31.9 Å². The summed E-state index contributed by atoms with van der Waals surface area (Å²) >= 11 is 6.80. The second-order valence-corrected chi connectivity index (χ2v) is 6.68. The van der Waals surface area contributed by atoms with Crippen LogP contribution in [0.3, 0.4) is 0 Å². The molecular weight excluding hydrogens is 416 g/mol. The van der Waals surface area contributed by atoms with Crippen molar-refractivity contribution >= 4 is 37.8 Å². The Balaban J connectivity index is 2.36. The zero-order valence-electron chi connectivity index (χ0n) is 12.0. The molecule has 0 unspecified atom stereocenters. The number of aliphatic carboxylic acids is 1. The van der Waals surface area contributed by atoms with E-state index in [9.17, 15) is 9.90 Å². The van der Waals surface area contributed by atoms with E-state index in [-0.39, 0.29) is 12.2 Å². The van der Waals surface area contributed by atoms with E-state index in [0.717, 1.165) is 11.1 Å². The molecule has 0 spiro atoms. The van der Waals surface area contributed by atoms with Crippen molar-refractivity contribution in [3.63, 3.8) is 0 Å². The van der Waals surface area contributed by atoms with Gasteiger partial charge in [-0.1, -0.05) is 0 Å². The van der Waals surface area contributed by atoms with Gasteiger partial charge in [-0.3, -0.25) is 4.79 Å². The maximum absolute atomic E-state index is 10.8. The molecule has 4 nitrogen and oxygen atoms in total. The summed E-state index contributed by atoms with van der Waals surface area (Å²) in [6.07, 6.45) is -0.0606. The molecule has 0 aliphatic rings. The average Bonchev–Trinajstić information content (AvgIpc) is 2.39. The molecule has 0 aliphatic carbocycles. The van der Waals surface area contributed by atoms with E-state index in [2.05, 4.69) is 31.9 Å². The Morgan fingerprint density at radius 1 is 1.09 bits per heavy atom. The van der Waals surface area contributed by atoms with Crippen LogP contribution in [0, 0.1) is 13.8 Å². The summed E-state index contributed by atoms with van der Waals surface area (Å²) in [5.74, 6) is 0.512. The first kappa shape index (κ1) is 16.8. The molecule has 0 saturated heterocycles. The number of aromatic hydroxyl groups is 1. The average molecular weight is 430 g/mol. The highest BCUT2D eigenvalue weighted by molar-refractivity contribution is 9.11. The predicted octanol–water partition coefficient (Wildman–Crippen LogP) is 4.95. The van der Waals surface area contributed by atoms with Gasteiger partial charge in [-0.05, 0) is 86.7 Å². The van der Waals surface area contributed by atoms with E-state index in [4.69, 9.17) is 9.84 Å². The predicted molar refractivity (Wildman–Crippen MR) is 90.8 cm³/mol. The van der Waals surface area contributed by atoms with Gasteiger partial charge in [0.15, 0.2) is 5.75 Å². The van der Waals surface area contributed by atoms with E-state index in [0.29, 0.717) is 26.0 Å². The number of rotatable bonds is 4. The van der Waals surface area contributed by atoms with Gasteiger partial charge in [0.1, 0.15) is 11.5 Å². The van der Waals surface area contributed by atoms with E-state index < -0.39 is 5.97 Å². The fraction of sp³-hybridized carbons (Fsp3) is 0.188. The van der Waals surface area contributed by atoms with Crippen LogP contribution in [0.4, 0.5) is 0 Å². The Kier molecular flexibility index (Phi) is 5.13. The van der Waals surface area contributed by atoms with E-state index in [1.165, 1.54) is 0 Å². The molecule has 0 saturated carbocycles. The van der Waals surface area contributed by atoms with Crippen LogP contribution < -0.4 is 4.74 Å². The van der Waals surface area contributed by atoms with Gasteiger partial charge in [0.05, 0.1) is 15.4 Å². The molecule has 22 heavy (non-hydrogen) atoms. The summed E-state index contributed by atoms with van der Waals surface area (Å²) in [4.78, 5) is 10.8. The highest BCUT2D eigenvalue weighted by atomic mass is 79.9. The molecule has 0 fully saturated rings. The van der Waals surface area contributed by atoms with Crippen LogP contribution in [0.2, 0.25) is 0 Å². The molecule has 0 radical (unpaired) electrons. The van der Waals surface area contributed by atoms with Gasteiger partial charge < -0.3 is 14.9 Å². The van der Waals surface area contributed by atoms with Crippen molar-refractivity contribution in [3.8, 4) is 17.2 Å². The smallest absolute Gasteiger partial charge is 0.307 e. The summed E-state index contributed by atoms with van der Waals surface area (Å²) in [7, 11) is 0. The van der Waals surface area contributed by atoms with Gasteiger partial charge in [0, 0.05) is 0 Å². The number of hydrogen-bond acceptors (Lipinski definition) is 3. The highest BCUT2D eigenvalue weighted by Crippen LogP contribution is 2.39. The summed E-state index contributed by atoms with van der Waals surface area (Å²) in [6.45, 7) is 3.60. The Bertz CT molecular complexity index is 695. The third-order valence-corrected chi connectivity index (χ3v) is 4.28. The lowest BCUT2D eigenvalue weighted by Gasteiger charge is -2.13. The van der Waals surface area contributed by atoms with Gasteiger partial charge >= 0.3 is 5.97 Å². The zero-order valence-corrected chi connectivity index (χ0v) is 15.2. The normalized spacial score (nSPS) is 10.5. The summed E-state index contributed by atoms with van der Waals surface area (Å²) < 4.78 is 7.17. The van der Waals surface area contributed by atoms with Crippen LogP contribution in [-0.4, -0.2) is 16.2 Å². The largest absolute Gasteiger partial charge is 0.507 e. The third kappa shape index (κ3) is 3.81. The molecular formula is C16H14Br2O4. The Morgan fingerprint density at radius 2 is 1.59 bits per heavy atom. The first-order valence-corrected chi connectivity index (χ1v) is 8.04. The molecule has 6 heteroatoms. The van der Waals surface area contributed by atoms with Crippen LogP contribution in [0.5, 0.6) is 17.2 Å². The second kappa shape index (κ2) is 6.71. The van der Waals surface area contributed by atoms with Crippen molar-refractivity contribution < 1.29 is 19.7 Å². The zero-order chi connectivity index (χ0) is 16.4. The van der Waals surface area contributed by atoms with E-state index >= 15 is 0 Å². The van der Waals surface area contributed by atoms with Crippen LogP contribution in [-0.2, 0) is 11.2 Å². The molecule has 2 rings (SSSR count). The lowest BCUT2D eigenvalue weighted by Crippen LogP contribution is -2.00. The number of hydrogen-bond donors (Lipinski definition) is 2. The lowest BCUT2D eigenvalue weighted by molar-refractivity contribution is -0.136. The Morgan fingerprint density at radius 3 is 2.05 bits per heavy atom. The minimum Gasteiger partial charge on any atom is -0.507 e. The summed E-state index contributed by atoms with van der Waals surface area (Å²) in [5.41, 5.74) is 2.12. The minimum atomic E-state index is -0.891. The van der Waals surface area contributed by atoms with Gasteiger partial charge in [-0.25, -0.2) is 0 Å². The molecule has 0 aromatic heterocycles. The fourth-order valence-electron chi connectivity index (χ4n) is 2.08. The van der Waals surface area contributed by atoms with Crippen LogP contribution in [0.25, 0.3) is 0 Å². The van der Waals surface area contributed by atoms with Crippen molar-refractivity contribution in [1.82, 2.24) is 0 Å². The molecule has 2 aromatic rings. The molecule has 116 valence electrons. The van der Waals surface area contributed by atoms with Crippen molar-refractivity contribution in [1.29, 1.82) is 0 Å². The second-order valence-electron chi connectivity index (χ2n) is 4.97. The SMILES string of the molecule is Cc1cc(Oc2c(Br)cc(CC(=O)O)cc2Br)cc(C)c1O. The third-order valence-electron chi connectivity index (χ3n) is 3.10. The summed E-state index contributed by atoms with van der Waals surface area (Å²) in [6, 6.07) is 6.92.